The molecule has 2 aliphatic carbocycles. The van der Waals surface area contributed by atoms with Gasteiger partial charge in [-0.3, -0.25) is 4.79 Å². The molecule has 29 heavy (non-hydrogen) atoms. The lowest BCUT2D eigenvalue weighted by molar-refractivity contribution is -0.137. The summed E-state index contributed by atoms with van der Waals surface area (Å²) < 4.78 is 0. The first kappa shape index (κ1) is 22.4. The standard InChI is InChI=1S/C25H35ClO3/c26-22-17-23(27)25(21(22)10-6-1-2-7-11-24(28)29)20-14-12-19(13-15-20)16-18-8-4-3-5-9-18/h1,6,12-15,18,21-23,25,27H,2-5,7-11,16-17H2,(H,28,29)/b6-1-/t21-,22+,23+,25+/m0/s1. The van der Waals surface area contributed by atoms with Crippen LogP contribution in [0.2, 0.25) is 0 Å². The van der Waals surface area contributed by atoms with Crippen LogP contribution in [-0.2, 0) is 11.2 Å². The number of carboxylic acids is 1. The molecule has 1 aromatic carbocycles. The fourth-order valence-electron chi connectivity index (χ4n) is 5.17. The van der Waals surface area contributed by atoms with E-state index in [4.69, 9.17) is 16.7 Å². The molecule has 4 heteroatoms. The van der Waals surface area contributed by atoms with Crippen LogP contribution in [0.25, 0.3) is 0 Å². The molecule has 0 amide bonds. The van der Waals surface area contributed by atoms with Gasteiger partial charge in [-0.25, -0.2) is 0 Å². The lowest BCUT2D eigenvalue weighted by Crippen LogP contribution is -2.18. The highest BCUT2D eigenvalue weighted by molar-refractivity contribution is 6.21. The van der Waals surface area contributed by atoms with Crippen molar-refractivity contribution in [3.8, 4) is 0 Å². The molecule has 160 valence electrons. The van der Waals surface area contributed by atoms with E-state index in [1.807, 2.05) is 0 Å². The van der Waals surface area contributed by atoms with Crippen molar-refractivity contribution in [3.05, 3.63) is 47.5 Å². The molecule has 0 aliphatic heterocycles. The zero-order valence-corrected chi connectivity index (χ0v) is 18.1. The van der Waals surface area contributed by atoms with Gasteiger partial charge in [0.2, 0.25) is 0 Å². The van der Waals surface area contributed by atoms with E-state index < -0.39 is 12.1 Å². The first-order valence-electron chi connectivity index (χ1n) is 11.3. The molecule has 2 fully saturated rings. The largest absolute Gasteiger partial charge is 0.481 e. The second-order valence-corrected chi connectivity index (χ2v) is 9.51. The minimum Gasteiger partial charge on any atom is -0.481 e. The third-order valence-electron chi connectivity index (χ3n) is 6.76. The average Bonchev–Trinajstić information content (AvgIpc) is 2.99. The van der Waals surface area contributed by atoms with Gasteiger partial charge >= 0.3 is 5.97 Å². The Kier molecular flexibility index (Phi) is 8.62. The van der Waals surface area contributed by atoms with Crippen LogP contribution < -0.4 is 0 Å². The van der Waals surface area contributed by atoms with Crippen LogP contribution in [0, 0.1) is 11.8 Å². The smallest absolute Gasteiger partial charge is 0.303 e. The highest BCUT2D eigenvalue weighted by Crippen LogP contribution is 2.44. The number of halogens is 1. The predicted molar refractivity (Wildman–Crippen MR) is 118 cm³/mol. The summed E-state index contributed by atoms with van der Waals surface area (Å²) in [5, 5.41) is 19.3. The van der Waals surface area contributed by atoms with Gasteiger partial charge in [0.05, 0.1) is 6.10 Å². The van der Waals surface area contributed by atoms with E-state index in [1.54, 1.807) is 0 Å². The summed E-state index contributed by atoms with van der Waals surface area (Å²) in [4.78, 5) is 10.6. The fraction of sp³-hybridized carbons (Fsp3) is 0.640. The van der Waals surface area contributed by atoms with E-state index in [1.165, 1.54) is 49.7 Å². The van der Waals surface area contributed by atoms with Crippen LogP contribution in [0.4, 0.5) is 0 Å². The summed E-state index contributed by atoms with van der Waals surface area (Å²) in [5.74, 6) is 0.375. The zero-order valence-electron chi connectivity index (χ0n) is 17.3. The molecular weight excluding hydrogens is 384 g/mol. The van der Waals surface area contributed by atoms with E-state index in [0.29, 0.717) is 12.8 Å². The molecule has 2 N–H and O–H groups in total. The maximum atomic E-state index is 10.6. The van der Waals surface area contributed by atoms with Crippen molar-refractivity contribution in [1.82, 2.24) is 0 Å². The van der Waals surface area contributed by atoms with Crippen molar-refractivity contribution in [2.24, 2.45) is 11.8 Å². The molecule has 0 heterocycles. The number of aliphatic hydroxyl groups excluding tert-OH is 1. The molecule has 4 atom stereocenters. The predicted octanol–water partition coefficient (Wildman–Crippen LogP) is 6.08. The summed E-state index contributed by atoms with van der Waals surface area (Å²) >= 11 is 6.59. The van der Waals surface area contributed by atoms with Gasteiger partial charge in [-0.05, 0) is 55.1 Å². The lowest BCUT2D eigenvalue weighted by atomic mass is 9.83. The Morgan fingerprint density at radius 2 is 1.83 bits per heavy atom. The van der Waals surface area contributed by atoms with Gasteiger partial charge in [0.1, 0.15) is 0 Å². The monoisotopic (exact) mass is 418 g/mol. The van der Waals surface area contributed by atoms with Gasteiger partial charge in [-0.1, -0.05) is 68.5 Å². The molecule has 0 aromatic heterocycles. The molecule has 2 saturated carbocycles. The van der Waals surface area contributed by atoms with Crippen LogP contribution in [0.1, 0.15) is 81.3 Å². The van der Waals surface area contributed by atoms with Crippen LogP contribution in [0.3, 0.4) is 0 Å². The second-order valence-electron chi connectivity index (χ2n) is 8.95. The fourth-order valence-corrected chi connectivity index (χ4v) is 5.61. The summed E-state index contributed by atoms with van der Waals surface area (Å²) in [6.07, 6.45) is 14.9. The minimum absolute atomic E-state index is 0.0272. The number of carboxylic acid groups (broad SMARTS) is 1. The highest BCUT2D eigenvalue weighted by Gasteiger charge is 2.41. The molecule has 2 aliphatic rings. The van der Waals surface area contributed by atoms with Gasteiger partial charge in [-0.2, -0.15) is 0 Å². The van der Waals surface area contributed by atoms with Crippen LogP contribution >= 0.6 is 11.6 Å². The van der Waals surface area contributed by atoms with Crippen molar-refractivity contribution in [3.63, 3.8) is 0 Å². The maximum absolute atomic E-state index is 10.6. The van der Waals surface area contributed by atoms with Crippen LogP contribution in [0.15, 0.2) is 36.4 Å². The average molecular weight is 419 g/mol. The Labute approximate surface area is 180 Å². The number of hydrogen-bond acceptors (Lipinski definition) is 2. The van der Waals surface area contributed by atoms with Crippen molar-refractivity contribution in [2.45, 2.75) is 88.0 Å². The highest BCUT2D eigenvalue weighted by atomic mass is 35.5. The molecular formula is C25H35ClO3. The number of aliphatic carboxylic acids is 1. The normalized spacial score (nSPS) is 28.2. The van der Waals surface area contributed by atoms with Gasteiger partial charge in [0.25, 0.3) is 0 Å². The molecule has 0 saturated heterocycles. The van der Waals surface area contributed by atoms with E-state index in [0.717, 1.165) is 18.8 Å². The van der Waals surface area contributed by atoms with E-state index in [-0.39, 0.29) is 23.6 Å². The van der Waals surface area contributed by atoms with Crippen molar-refractivity contribution >= 4 is 17.6 Å². The number of unbranched alkanes of at least 4 members (excludes halogenated alkanes) is 1. The quantitative estimate of drug-likeness (QED) is 0.290. The molecule has 0 unspecified atom stereocenters. The number of benzene rings is 1. The Hall–Kier alpha value is -1.32. The molecule has 3 rings (SSSR count). The Morgan fingerprint density at radius 3 is 2.52 bits per heavy atom. The van der Waals surface area contributed by atoms with Gasteiger partial charge in [-0.15, -0.1) is 11.6 Å². The summed E-state index contributed by atoms with van der Waals surface area (Å²) in [6, 6.07) is 8.89. The first-order chi connectivity index (χ1) is 14.0. The third kappa shape index (κ3) is 6.58. The molecule has 0 spiro atoms. The number of rotatable bonds is 9. The molecule has 3 nitrogen and oxygen atoms in total. The van der Waals surface area contributed by atoms with Crippen molar-refractivity contribution < 1.29 is 15.0 Å². The molecule has 1 aromatic rings. The zero-order chi connectivity index (χ0) is 20.6. The number of allylic oxidation sites excluding steroid dienone is 2. The number of carbonyl (C=O) groups is 1. The van der Waals surface area contributed by atoms with Gasteiger partial charge in [0, 0.05) is 17.7 Å². The second kappa shape index (κ2) is 11.2. The molecule has 0 bridgehead atoms. The van der Waals surface area contributed by atoms with Crippen molar-refractivity contribution in [1.29, 1.82) is 0 Å². The van der Waals surface area contributed by atoms with E-state index in [2.05, 4.69) is 36.4 Å². The van der Waals surface area contributed by atoms with E-state index >= 15 is 0 Å². The van der Waals surface area contributed by atoms with E-state index in [9.17, 15) is 9.90 Å². The van der Waals surface area contributed by atoms with Crippen molar-refractivity contribution in [2.75, 3.05) is 0 Å². The summed E-state index contributed by atoms with van der Waals surface area (Å²) in [5.41, 5.74) is 2.60. The first-order valence-corrected chi connectivity index (χ1v) is 11.8. The Balaban J connectivity index is 1.57. The number of aliphatic hydroxyl groups is 1. The Morgan fingerprint density at radius 1 is 1.10 bits per heavy atom. The maximum Gasteiger partial charge on any atom is 0.303 e. The lowest BCUT2D eigenvalue weighted by Gasteiger charge is -2.24. The minimum atomic E-state index is -0.745. The van der Waals surface area contributed by atoms with Gasteiger partial charge < -0.3 is 10.2 Å². The number of hydrogen-bond donors (Lipinski definition) is 2. The summed E-state index contributed by atoms with van der Waals surface area (Å²) in [7, 11) is 0. The topological polar surface area (TPSA) is 57.5 Å². The number of alkyl halides is 1. The summed E-state index contributed by atoms with van der Waals surface area (Å²) in [6.45, 7) is 0. The SMILES string of the molecule is O=C(O)CCC/C=C\C[C@@H]1[C@@H](c2ccc(CC3CCCCC3)cc2)[C@H](O)C[C@H]1Cl. The van der Waals surface area contributed by atoms with Crippen LogP contribution in [-0.4, -0.2) is 27.7 Å². The van der Waals surface area contributed by atoms with Crippen LogP contribution in [0.5, 0.6) is 0 Å². The third-order valence-corrected chi connectivity index (χ3v) is 7.26. The molecule has 0 radical (unpaired) electrons. The van der Waals surface area contributed by atoms with Gasteiger partial charge in [0.15, 0.2) is 0 Å². The Bertz CT molecular complexity index is 663.